The van der Waals surface area contributed by atoms with Crippen LogP contribution in [0.25, 0.3) is 0 Å². The molecule has 0 unspecified atom stereocenters. The van der Waals surface area contributed by atoms with Crippen LogP contribution in [-0.2, 0) is 10.0 Å². The van der Waals surface area contributed by atoms with Gasteiger partial charge in [0.15, 0.2) is 0 Å². The molecule has 3 N–H and O–H groups in total. The molecule has 0 aromatic heterocycles. The van der Waals surface area contributed by atoms with Gasteiger partial charge in [0.25, 0.3) is 0 Å². The van der Waals surface area contributed by atoms with Gasteiger partial charge in [-0.15, -0.1) is 0 Å². The maximum Gasteiger partial charge on any atom is 0.241 e. The van der Waals surface area contributed by atoms with Gasteiger partial charge in [0.05, 0.1) is 4.90 Å². The van der Waals surface area contributed by atoms with E-state index in [4.69, 9.17) is 5.73 Å². The third kappa shape index (κ3) is 2.67. The first-order valence-corrected chi connectivity index (χ1v) is 7.71. The van der Waals surface area contributed by atoms with E-state index in [1.54, 1.807) is 25.1 Å². The smallest absolute Gasteiger partial charge is 0.241 e. The Morgan fingerprint density at radius 3 is 2.44 bits per heavy atom. The Morgan fingerprint density at radius 2 is 1.89 bits per heavy atom. The summed E-state index contributed by atoms with van der Waals surface area (Å²) in [5.74, 6) is 0. The van der Waals surface area contributed by atoms with E-state index >= 15 is 0 Å². The molecule has 0 amide bonds. The largest absolute Gasteiger partial charge is 0.399 e. The van der Waals surface area contributed by atoms with E-state index in [0.29, 0.717) is 16.1 Å². The number of benzene rings is 1. The molecule has 1 aromatic rings. The molecule has 1 aliphatic rings. The van der Waals surface area contributed by atoms with Gasteiger partial charge in [-0.25, -0.2) is 13.1 Å². The molecule has 1 aromatic carbocycles. The standard InChI is InChI=1S/C13H20N2O2S/c1-10-9-11(14)5-6-12(10)18(16,17)15-13(2)7-3-4-8-13/h5-6,9,15H,3-4,7-8,14H2,1-2H3. The van der Waals surface area contributed by atoms with Crippen molar-refractivity contribution in [3.05, 3.63) is 23.8 Å². The first-order valence-electron chi connectivity index (χ1n) is 6.23. The number of hydrogen-bond donors (Lipinski definition) is 2. The highest BCUT2D eigenvalue weighted by atomic mass is 32.2. The Kier molecular flexibility index (Phi) is 3.38. The summed E-state index contributed by atoms with van der Waals surface area (Å²) in [7, 11) is -3.46. The van der Waals surface area contributed by atoms with Crippen LogP contribution in [0.3, 0.4) is 0 Å². The summed E-state index contributed by atoms with van der Waals surface area (Å²) in [4.78, 5) is 0.324. The maximum atomic E-state index is 12.4. The van der Waals surface area contributed by atoms with Crippen molar-refractivity contribution in [1.82, 2.24) is 4.72 Å². The minimum Gasteiger partial charge on any atom is -0.399 e. The second-order valence-electron chi connectivity index (χ2n) is 5.40. The van der Waals surface area contributed by atoms with Gasteiger partial charge >= 0.3 is 0 Å². The highest BCUT2D eigenvalue weighted by molar-refractivity contribution is 7.89. The van der Waals surface area contributed by atoms with Crippen molar-refractivity contribution in [1.29, 1.82) is 0 Å². The topological polar surface area (TPSA) is 72.2 Å². The fourth-order valence-corrected chi connectivity index (χ4v) is 4.30. The van der Waals surface area contributed by atoms with Crippen LogP contribution in [0.4, 0.5) is 5.69 Å². The zero-order valence-corrected chi connectivity index (χ0v) is 11.7. The lowest BCUT2D eigenvalue weighted by Gasteiger charge is -2.25. The molecule has 18 heavy (non-hydrogen) atoms. The number of nitrogen functional groups attached to an aromatic ring is 1. The summed E-state index contributed by atoms with van der Waals surface area (Å²) in [5, 5.41) is 0. The number of rotatable bonds is 3. The fourth-order valence-electron chi connectivity index (χ4n) is 2.61. The summed E-state index contributed by atoms with van der Waals surface area (Å²) in [6.07, 6.45) is 3.97. The van der Waals surface area contributed by atoms with Crippen LogP contribution in [0.2, 0.25) is 0 Å². The van der Waals surface area contributed by atoms with Gasteiger partial charge in [-0.05, 0) is 50.5 Å². The van der Waals surface area contributed by atoms with E-state index in [9.17, 15) is 8.42 Å². The van der Waals surface area contributed by atoms with E-state index in [0.717, 1.165) is 25.7 Å². The number of hydrogen-bond acceptors (Lipinski definition) is 3. The highest BCUT2D eigenvalue weighted by Gasteiger charge is 2.33. The van der Waals surface area contributed by atoms with Gasteiger partial charge in [-0.2, -0.15) is 0 Å². The quantitative estimate of drug-likeness (QED) is 0.825. The normalized spacial score (nSPS) is 19.0. The molecule has 0 bridgehead atoms. The van der Waals surface area contributed by atoms with Gasteiger partial charge in [0.1, 0.15) is 0 Å². The van der Waals surface area contributed by atoms with Crippen molar-refractivity contribution in [3.63, 3.8) is 0 Å². The Morgan fingerprint density at radius 1 is 1.28 bits per heavy atom. The van der Waals surface area contributed by atoms with Crippen LogP contribution in [-0.4, -0.2) is 14.0 Å². The lowest BCUT2D eigenvalue weighted by molar-refractivity contribution is 0.427. The van der Waals surface area contributed by atoms with Gasteiger partial charge < -0.3 is 5.73 Å². The van der Waals surface area contributed by atoms with Crippen molar-refractivity contribution in [2.75, 3.05) is 5.73 Å². The Bertz CT molecular complexity index is 546. The number of sulfonamides is 1. The monoisotopic (exact) mass is 268 g/mol. The molecule has 0 radical (unpaired) electrons. The summed E-state index contributed by atoms with van der Waals surface area (Å²) in [6.45, 7) is 3.74. The van der Waals surface area contributed by atoms with E-state index < -0.39 is 10.0 Å². The summed E-state index contributed by atoms with van der Waals surface area (Å²) in [6, 6.07) is 4.88. The molecule has 0 heterocycles. The molecule has 1 aliphatic carbocycles. The first-order chi connectivity index (χ1) is 8.32. The Balaban J connectivity index is 2.30. The molecule has 100 valence electrons. The first kappa shape index (κ1) is 13.4. The van der Waals surface area contributed by atoms with Crippen LogP contribution in [0.1, 0.15) is 38.2 Å². The van der Waals surface area contributed by atoms with Crippen LogP contribution in [0.15, 0.2) is 23.1 Å². The molecule has 4 nitrogen and oxygen atoms in total. The van der Waals surface area contributed by atoms with Crippen molar-refractivity contribution in [2.45, 2.75) is 50.0 Å². The zero-order chi connectivity index (χ0) is 13.4. The second kappa shape index (κ2) is 4.55. The maximum absolute atomic E-state index is 12.4. The fraction of sp³-hybridized carbons (Fsp3) is 0.538. The number of nitrogens with one attached hydrogen (secondary N) is 1. The summed E-state index contributed by atoms with van der Waals surface area (Å²) < 4.78 is 27.6. The lowest BCUT2D eigenvalue weighted by Crippen LogP contribution is -2.43. The number of anilines is 1. The van der Waals surface area contributed by atoms with Crippen LogP contribution in [0.5, 0.6) is 0 Å². The van der Waals surface area contributed by atoms with Crippen molar-refractivity contribution >= 4 is 15.7 Å². The molecule has 5 heteroatoms. The van der Waals surface area contributed by atoms with E-state index in [-0.39, 0.29) is 5.54 Å². The zero-order valence-electron chi connectivity index (χ0n) is 10.9. The molecular formula is C13H20N2O2S. The molecule has 1 saturated carbocycles. The lowest BCUT2D eigenvalue weighted by atomic mass is 10.0. The summed E-state index contributed by atoms with van der Waals surface area (Å²) >= 11 is 0. The SMILES string of the molecule is Cc1cc(N)ccc1S(=O)(=O)NC1(C)CCCC1. The third-order valence-corrected chi connectivity index (χ3v) is 5.37. The van der Waals surface area contributed by atoms with Crippen molar-refractivity contribution in [3.8, 4) is 0 Å². The average molecular weight is 268 g/mol. The molecular weight excluding hydrogens is 248 g/mol. The van der Waals surface area contributed by atoms with Crippen LogP contribution < -0.4 is 10.5 Å². The molecule has 0 spiro atoms. The molecule has 0 saturated heterocycles. The van der Waals surface area contributed by atoms with Gasteiger partial charge in [0.2, 0.25) is 10.0 Å². The summed E-state index contributed by atoms with van der Waals surface area (Å²) in [5.41, 5.74) is 6.61. The predicted octanol–water partition coefficient (Wildman–Crippen LogP) is 2.19. The van der Waals surface area contributed by atoms with Crippen molar-refractivity contribution < 1.29 is 8.42 Å². The molecule has 2 rings (SSSR count). The van der Waals surface area contributed by atoms with Gasteiger partial charge in [-0.1, -0.05) is 12.8 Å². The molecule has 1 fully saturated rings. The average Bonchev–Trinajstić information content (AvgIpc) is 2.62. The van der Waals surface area contributed by atoms with Crippen molar-refractivity contribution in [2.24, 2.45) is 0 Å². The number of nitrogens with two attached hydrogens (primary N) is 1. The number of aryl methyl sites for hydroxylation is 1. The van der Waals surface area contributed by atoms with E-state index in [1.807, 2.05) is 6.92 Å². The van der Waals surface area contributed by atoms with E-state index in [1.165, 1.54) is 0 Å². The van der Waals surface area contributed by atoms with Gasteiger partial charge in [-0.3, -0.25) is 0 Å². The third-order valence-electron chi connectivity index (χ3n) is 3.58. The second-order valence-corrected chi connectivity index (χ2v) is 7.05. The Hall–Kier alpha value is -1.07. The predicted molar refractivity (Wildman–Crippen MR) is 72.8 cm³/mol. The minimum absolute atomic E-state index is 0.299. The van der Waals surface area contributed by atoms with Crippen LogP contribution >= 0.6 is 0 Å². The van der Waals surface area contributed by atoms with Gasteiger partial charge in [0, 0.05) is 11.2 Å². The molecule has 0 atom stereocenters. The molecule has 0 aliphatic heterocycles. The minimum atomic E-state index is -3.46. The highest BCUT2D eigenvalue weighted by Crippen LogP contribution is 2.31. The van der Waals surface area contributed by atoms with E-state index in [2.05, 4.69) is 4.72 Å². The Labute approximate surface area is 109 Å². The van der Waals surface area contributed by atoms with Crippen LogP contribution in [0, 0.1) is 6.92 Å².